The number of furan rings is 1. The first-order valence-corrected chi connectivity index (χ1v) is 9.62. The smallest absolute Gasteiger partial charge is 0.329 e. The molecule has 0 fully saturated rings. The number of nitrogens with zero attached hydrogens (tertiary/aromatic N) is 1. The average molecular weight is 442 g/mol. The molecule has 1 heterocycles. The number of hydrogen-bond donors (Lipinski definition) is 2. The van der Waals surface area contributed by atoms with Crippen molar-refractivity contribution in [2.45, 2.75) is 13.2 Å². The third-order valence-corrected chi connectivity index (χ3v) is 4.34. The third-order valence-electron chi connectivity index (χ3n) is 4.08. The van der Waals surface area contributed by atoms with Crippen LogP contribution in [0, 0.1) is 0 Å². The van der Waals surface area contributed by atoms with Crippen LogP contribution in [0.3, 0.4) is 0 Å². The predicted molar refractivity (Wildman–Crippen MR) is 115 cm³/mol. The lowest BCUT2D eigenvalue weighted by Crippen LogP contribution is -2.37. The summed E-state index contributed by atoms with van der Waals surface area (Å²) in [5.41, 5.74) is 3.78. The number of carbonyl (C=O) groups is 2. The van der Waals surface area contributed by atoms with Crippen molar-refractivity contribution in [1.82, 2.24) is 10.7 Å². The molecule has 0 spiro atoms. The zero-order chi connectivity index (χ0) is 22.1. The van der Waals surface area contributed by atoms with Gasteiger partial charge in [0.15, 0.2) is 11.5 Å². The summed E-state index contributed by atoms with van der Waals surface area (Å²) in [5, 5.41) is 6.88. The second-order valence-corrected chi connectivity index (χ2v) is 6.72. The highest BCUT2D eigenvalue weighted by molar-refractivity contribution is 6.35. The van der Waals surface area contributed by atoms with Gasteiger partial charge in [-0.1, -0.05) is 23.7 Å². The Morgan fingerprint density at radius 2 is 1.90 bits per heavy atom. The van der Waals surface area contributed by atoms with Crippen LogP contribution in [0.5, 0.6) is 11.5 Å². The lowest BCUT2D eigenvalue weighted by Gasteiger charge is -2.11. The SMILES string of the molecule is COc1cc(/C=N\NC(=O)C(=O)NCc2ccco2)ccc1OCc1ccc(Cl)cc1. The van der Waals surface area contributed by atoms with Crippen LogP contribution in [0.2, 0.25) is 5.02 Å². The molecule has 31 heavy (non-hydrogen) atoms. The minimum absolute atomic E-state index is 0.109. The number of methoxy groups -OCH3 is 1. The molecular weight excluding hydrogens is 422 g/mol. The zero-order valence-corrected chi connectivity index (χ0v) is 17.4. The van der Waals surface area contributed by atoms with E-state index < -0.39 is 11.8 Å². The van der Waals surface area contributed by atoms with E-state index in [1.165, 1.54) is 19.6 Å². The summed E-state index contributed by atoms with van der Waals surface area (Å²) in [7, 11) is 1.52. The number of carbonyl (C=O) groups excluding carboxylic acids is 2. The maximum absolute atomic E-state index is 11.8. The molecule has 0 aliphatic carbocycles. The molecule has 1 aromatic heterocycles. The Morgan fingerprint density at radius 3 is 2.61 bits per heavy atom. The summed E-state index contributed by atoms with van der Waals surface area (Å²) < 4.78 is 16.2. The molecule has 0 saturated heterocycles. The number of nitrogens with one attached hydrogen (secondary N) is 2. The Hall–Kier alpha value is -3.78. The van der Waals surface area contributed by atoms with E-state index in [1.807, 2.05) is 12.1 Å². The van der Waals surface area contributed by atoms with Gasteiger partial charge in [-0.2, -0.15) is 5.10 Å². The number of benzene rings is 2. The van der Waals surface area contributed by atoms with Crippen LogP contribution >= 0.6 is 11.6 Å². The number of hydrazone groups is 1. The largest absolute Gasteiger partial charge is 0.493 e. The fourth-order valence-electron chi connectivity index (χ4n) is 2.50. The first-order valence-electron chi connectivity index (χ1n) is 9.24. The summed E-state index contributed by atoms with van der Waals surface area (Å²) >= 11 is 5.88. The van der Waals surface area contributed by atoms with Crippen molar-refractivity contribution in [2.75, 3.05) is 7.11 Å². The molecule has 2 aromatic carbocycles. The molecule has 9 heteroatoms. The highest BCUT2D eigenvalue weighted by Gasteiger charge is 2.12. The minimum Gasteiger partial charge on any atom is -0.493 e. The van der Waals surface area contributed by atoms with Gasteiger partial charge in [-0.25, -0.2) is 5.43 Å². The van der Waals surface area contributed by atoms with E-state index in [9.17, 15) is 9.59 Å². The van der Waals surface area contributed by atoms with Gasteiger partial charge in [-0.05, 0) is 53.6 Å². The Bertz CT molecular complexity index is 1050. The quantitative estimate of drug-likeness (QED) is 0.317. The molecule has 0 unspecified atom stereocenters. The van der Waals surface area contributed by atoms with Crippen molar-refractivity contribution < 1.29 is 23.5 Å². The summed E-state index contributed by atoms with van der Waals surface area (Å²) in [6, 6.07) is 15.9. The zero-order valence-electron chi connectivity index (χ0n) is 16.6. The first kappa shape index (κ1) is 21.9. The van der Waals surface area contributed by atoms with E-state index in [1.54, 1.807) is 42.5 Å². The number of hydrogen-bond acceptors (Lipinski definition) is 6. The van der Waals surface area contributed by atoms with E-state index in [2.05, 4.69) is 15.8 Å². The summed E-state index contributed by atoms with van der Waals surface area (Å²) in [6.45, 7) is 0.460. The van der Waals surface area contributed by atoms with Crippen molar-refractivity contribution >= 4 is 29.6 Å². The van der Waals surface area contributed by atoms with Crippen LogP contribution in [0.15, 0.2) is 70.4 Å². The fourth-order valence-corrected chi connectivity index (χ4v) is 2.63. The molecule has 0 atom stereocenters. The number of rotatable bonds is 8. The van der Waals surface area contributed by atoms with Crippen molar-refractivity contribution in [3.63, 3.8) is 0 Å². The van der Waals surface area contributed by atoms with Gasteiger partial charge in [-0.15, -0.1) is 0 Å². The second-order valence-electron chi connectivity index (χ2n) is 6.29. The maximum Gasteiger partial charge on any atom is 0.329 e. The fraction of sp³-hybridized carbons (Fsp3) is 0.136. The Balaban J connectivity index is 1.52. The molecule has 0 bridgehead atoms. The molecule has 0 aliphatic heterocycles. The summed E-state index contributed by atoms with van der Waals surface area (Å²) in [4.78, 5) is 23.5. The Labute approximate surface area is 183 Å². The third kappa shape index (κ3) is 6.61. The summed E-state index contributed by atoms with van der Waals surface area (Å²) in [6.07, 6.45) is 2.87. The predicted octanol–water partition coefficient (Wildman–Crippen LogP) is 3.29. The van der Waals surface area contributed by atoms with Crippen LogP contribution in [0.1, 0.15) is 16.9 Å². The van der Waals surface area contributed by atoms with E-state index in [0.29, 0.717) is 34.5 Å². The molecule has 3 rings (SSSR count). The molecule has 2 N–H and O–H groups in total. The van der Waals surface area contributed by atoms with Gasteiger partial charge < -0.3 is 19.2 Å². The van der Waals surface area contributed by atoms with Gasteiger partial charge in [0.05, 0.1) is 26.1 Å². The van der Waals surface area contributed by atoms with Crippen LogP contribution in [0.4, 0.5) is 0 Å². The summed E-state index contributed by atoms with van der Waals surface area (Å²) in [5.74, 6) is -0.124. The van der Waals surface area contributed by atoms with E-state index >= 15 is 0 Å². The van der Waals surface area contributed by atoms with Gasteiger partial charge in [-0.3, -0.25) is 9.59 Å². The molecule has 8 nitrogen and oxygen atoms in total. The van der Waals surface area contributed by atoms with Crippen molar-refractivity contribution in [1.29, 1.82) is 0 Å². The molecule has 160 valence electrons. The Morgan fingerprint density at radius 1 is 1.10 bits per heavy atom. The number of halogens is 1. The lowest BCUT2D eigenvalue weighted by molar-refractivity contribution is -0.139. The second kappa shape index (κ2) is 10.8. The standard InChI is InChI=1S/C22H20ClN3O5/c1-29-20-11-16(6-9-19(20)31-14-15-4-7-17(23)8-5-15)12-25-26-22(28)21(27)24-13-18-3-2-10-30-18/h2-12H,13-14H2,1H3,(H,24,27)(H,26,28)/b25-12-. The highest BCUT2D eigenvalue weighted by Crippen LogP contribution is 2.28. The normalized spacial score (nSPS) is 10.6. The van der Waals surface area contributed by atoms with Crippen LogP contribution in [-0.4, -0.2) is 25.1 Å². The molecule has 3 aromatic rings. The average Bonchev–Trinajstić information content (AvgIpc) is 3.31. The van der Waals surface area contributed by atoms with Crippen molar-refractivity contribution in [2.24, 2.45) is 5.10 Å². The lowest BCUT2D eigenvalue weighted by atomic mass is 10.2. The van der Waals surface area contributed by atoms with Crippen LogP contribution in [0.25, 0.3) is 0 Å². The number of ether oxygens (including phenoxy) is 2. The van der Waals surface area contributed by atoms with Crippen molar-refractivity contribution in [3.8, 4) is 11.5 Å². The molecule has 0 radical (unpaired) electrons. The van der Waals surface area contributed by atoms with Gasteiger partial charge in [0.1, 0.15) is 12.4 Å². The Kier molecular flexibility index (Phi) is 7.67. The number of amides is 2. The maximum atomic E-state index is 11.8. The van der Waals surface area contributed by atoms with E-state index in [4.69, 9.17) is 25.5 Å². The molecule has 0 aliphatic rings. The van der Waals surface area contributed by atoms with Gasteiger partial charge >= 0.3 is 11.8 Å². The monoisotopic (exact) mass is 441 g/mol. The molecule has 0 saturated carbocycles. The van der Waals surface area contributed by atoms with Gasteiger partial charge in [0.25, 0.3) is 0 Å². The topological polar surface area (TPSA) is 102 Å². The van der Waals surface area contributed by atoms with Crippen LogP contribution < -0.4 is 20.2 Å². The van der Waals surface area contributed by atoms with E-state index in [-0.39, 0.29) is 6.54 Å². The molecule has 2 amide bonds. The van der Waals surface area contributed by atoms with E-state index in [0.717, 1.165) is 5.56 Å². The van der Waals surface area contributed by atoms with Crippen LogP contribution in [-0.2, 0) is 22.7 Å². The minimum atomic E-state index is -0.891. The van der Waals surface area contributed by atoms with Gasteiger partial charge in [0.2, 0.25) is 0 Å². The highest BCUT2D eigenvalue weighted by atomic mass is 35.5. The van der Waals surface area contributed by atoms with Gasteiger partial charge in [0, 0.05) is 5.02 Å². The molecular formula is C22H20ClN3O5. The first-order chi connectivity index (χ1) is 15.0. The van der Waals surface area contributed by atoms with Crippen molar-refractivity contribution in [3.05, 3.63) is 82.8 Å².